The Morgan fingerprint density at radius 3 is 1.75 bits per heavy atom. The van der Waals surface area contributed by atoms with Crippen LogP contribution in [0.5, 0.6) is 0 Å². The third kappa shape index (κ3) is 6.58. The Balaban J connectivity index is 3.48. The Kier molecular flexibility index (Phi) is 7.45. The highest BCUT2D eigenvalue weighted by atomic mass is 16.7. The van der Waals surface area contributed by atoms with Gasteiger partial charge in [-0.2, -0.15) is 0 Å². The van der Waals surface area contributed by atoms with Crippen LogP contribution in [0, 0.1) is 0 Å². The fraction of sp³-hybridized carbons (Fsp3) is 1.00. The predicted octanol–water partition coefficient (Wildman–Crippen LogP) is 1.81. The summed E-state index contributed by atoms with van der Waals surface area (Å²) in [7, 11) is 0. The first-order chi connectivity index (χ1) is 5.70. The Bertz CT molecular complexity index is 87.8. The molecule has 0 aliphatic carbocycles. The van der Waals surface area contributed by atoms with Gasteiger partial charge in [0.2, 0.25) is 0 Å². The highest BCUT2D eigenvalue weighted by Gasteiger charge is 2.08. The predicted molar refractivity (Wildman–Crippen MR) is 48.1 cm³/mol. The topological polar surface area (TPSA) is 27.7 Å². The van der Waals surface area contributed by atoms with Crippen LogP contribution in [0.15, 0.2) is 0 Å². The van der Waals surface area contributed by atoms with E-state index in [9.17, 15) is 0 Å². The number of hydrogen-bond donors (Lipinski definition) is 0. The third-order valence-corrected chi connectivity index (χ3v) is 1.27. The first kappa shape index (κ1) is 11.9. The van der Waals surface area contributed by atoms with Crippen molar-refractivity contribution in [3.8, 4) is 0 Å². The van der Waals surface area contributed by atoms with Crippen LogP contribution < -0.4 is 0 Å². The number of hydrogen-bond acceptors (Lipinski definition) is 3. The van der Waals surface area contributed by atoms with Crippen molar-refractivity contribution >= 4 is 0 Å². The lowest BCUT2D eigenvalue weighted by atomic mass is 10.5. The Hall–Kier alpha value is -0.120. The zero-order valence-electron chi connectivity index (χ0n) is 8.50. The standard InChI is InChI=1S/C9H20O3/c1-5-10-9(11-6-2)7-12-8(3)4/h8-9H,5-7H2,1-4H3. The quantitative estimate of drug-likeness (QED) is 0.554. The molecule has 0 amide bonds. The van der Waals surface area contributed by atoms with Crippen LogP contribution in [0.25, 0.3) is 0 Å². The highest BCUT2D eigenvalue weighted by Crippen LogP contribution is 1.98. The maximum atomic E-state index is 5.36. The van der Waals surface area contributed by atoms with E-state index in [1.165, 1.54) is 0 Å². The van der Waals surface area contributed by atoms with Gasteiger partial charge in [-0.1, -0.05) is 0 Å². The summed E-state index contributed by atoms with van der Waals surface area (Å²) < 4.78 is 15.9. The lowest BCUT2D eigenvalue weighted by molar-refractivity contribution is -0.173. The maximum Gasteiger partial charge on any atom is 0.180 e. The molecule has 3 heteroatoms. The second kappa shape index (κ2) is 7.53. The van der Waals surface area contributed by atoms with Crippen LogP contribution in [0.3, 0.4) is 0 Å². The zero-order chi connectivity index (χ0) is 9.40. The van der Waals surface area contributed by atoms with Gasteiger partial charge in [-0.3, -0.25) is 0 Å². The Morgan fingerprint density at radius 2 is 1.42 bits per heavy atom. The molecule has 0 bridgehead atoms. The first-order valence-electron chi connectivity index (χ1n) is 4.55. The van der Waals surface area contributed by atoms with Crippen molar-refractivity contribution in [2.45, 2.75) is 40.1 Å². The third-order valence-electron chi connectivity index (χ3n) is 1.27. The number of rotatable bonds is 7. The molecule has 0 saturated heterocycles. The fourth-order valence-electron chi connectivity index (χ4n) is 0.787. The Morgan fingerprint density at radius 1 is 0.917 bits per heavy atom. The lowest BCUT2D eigenvalue weighted by Gasteiger charge is -2.18. The normalized spacial score (nSPS) is 11.5. The van der Waals surface area contributed by atoms with E-state index >= 15 is 0 Å². The molecule has 0 N–H and O–H groups in total. The van der Waals surface area contributed by atoms with Crippen molar-refractivity contribution in [1.29, 1.82) is 0 Å². The molecule has 3 nitrogen and oxygen atoms in total. The van der Waals surface area contributed by atoms with E-state index in [1.54, 1.807) is 0 Å². The molecule has 0 saturated carbocycles. The molecular weight excluding hydrogens is 156 g/mol. The van der Waals surface area contributed by atoms with E-state index in [2.05, 4.69) is 0 Å². The second-order valence-corrected chi connectivity index (χ2v) is 2.72. The van der Waals surface area contributed by atoms with E-state index in [1.807, 2.05) is 27.7 Å². The van der Waals surface area contributed by atoms with Gasteiger partial charge < -0.3 is 14.2 Å². The van der Waals surface area contributed by atoms with Crippen LogP contribution in [0.1, 0.15) is 27.7 Å². The summed E-state index contributed by atoms with van der Waals surface area (Å²) in [5, 5.41) is 0. The summed E-state index contributed by atoms with van der Waals surface area (Å²) in [5.41, 5.74) is 0. The molecule has 0 aromatic heterocycles. The SMILES string of the molecule is CCOC(COC(C)C)OCC. The molecule has 12 heavy (non-hydrogen) atoms. The van der Waals surface area contributed by atoms with Crippen LogP contribution in [-0.2, 0) is 14.2 Å². The van der Waals surface area contributed by atoms with Gasteiger partial charge in [-0.25, -0.2) is 0 Å². The van der Waals surface area contributed by atoms with Gasteiger partial charge in [-0.05, 0) is 27.7 Å². The van der Waals surface area contributed by atoms with Gasteiger partial charge in [0.25, 0.3) is 0 Å². The molecule has 0 aliphatic rings. The van der Waals surface area contributed by atoms with Crippen molar-refractivity contribution in [1.82, 2.24) is 0 Å². The monoisotopic (exact) mass is 176 g/mol. The highest BCUT2D eigenvalue weighted by molar-refractivity contribution is 4.43. The summed E-state index contributed by atoms with van der Waals surface area (Å²) in [6.45, 7) is 9.71. The largest absolute Gasteiger partial charge is 0.374 e. The summed E-state index contributed by atoms with van der Waals surface area (Å²) in [4.78, 5) is 0. The minimum absolute atomic E-state index is 0.206. The molecule has 0 aromatic carbocycles. The first-order valence-corrected chi connectivity index (χ1v) is 4.55. The average Bonchev–Trinajstić information content (AvgIpc) is 2.01. The average molecular weight is 176 g/mol. The van der Waals surface area contributed by atoms with E-state index in [-0.39, 0.29) is 12.4 Å². The molecule has 0 spiro atoms. The smallest absolute Gasteiger partial charge is 0.180 e. The molecule has 74 valence electrons. The van der Waals surface area contributed by atoms with Crippen LogP contribution in [-0.4, -0.2) is 32.2 Å². The van der Waals surface area contributed by atoms with Gasteiger partial charge in [0.05, 0.1) is 12.7 Å². The zero-order valence-corrected chi connectivity index (χ0v) is 8.50. The van der Waals surface area contributed by atoms with E-state index in [0.717, 1.165) is 0 Å². The van der Waals surface area contributed by atoms with Crippen molar-refractivity contribution in [2.75, 3.05) is 19.8 Å². The summed E-state index contributed by atoms with van der Waals surface area (Å²) in [5.74, 6) is 0. The van der Waals surface area contributed by atoms with Crippen LogP contribution in [0.4, 0.5) is 0 Å². The van der Waals surface area contributed by atoms with Gasteiger partial charge in [0.15, 0.2) is 6.29 Å². The molecule has 0 rings (SSSR count). The molecule has 0 atom stereocenters. The Labute approximate surface area is 75.0 Å². The molecule has 0 fully saturated rings. The maximum absolute atomic E-state index is 5.36. The summed E-state index contributed by atoms with van der Waals surface area (Å²) in [6.07, 6.45) is 0.0239. The van der Waals surface area contributed by atoms with E-state index in [0.29, 0.717) is 19.8 Å². The number of ether oxygens (including phenoxy) is 3. The summed E-state index contributed by atoms with van der Waals surface area (Å²) >= 11 is 0. The molecule has 0 unspecified atom stereocenters. The molecule has 0 aliphatic heterocycles. The van der Waals surface area contributed by atoms with Gasteiger partial charge >= 0.3 is 0 Å². The van der Waals surface area contributed by atoms with Gasteiger partial charge in [0.1, 0.15) is 0 Å². The minimum Gasteiger partial charge on any atom is -0.374 e. The molecule has 0 radical (unpaired) electrons. The summed E-state index contributed by atoms with van der Waals surface area (Å²) in [6, 6.07) is 0. The van der Waals surface area contributed by atoms with Gasteiger partial charge in [0, 0.05) is 13.2 Å². The van der Waals surface area contributed by atoms with Crippen molar-refractivity contribution in [3.05, 3.63) is 0 Å². The van der Waals surface area contributed by atoms with Crippen molar-refractivity contribution in [2.24, 2.45) is 0 Å². The molecule has 0 heterocycles. The van der Waals surface area contributed by atoms with Crippen molar-refractivity contribution in [3.63, 3.8) is 0 Å². The lowest BCUT2D eigenvalue weighted by Crippen LogP contribution is -2.25. The second-order valence-electron chi connectivity index (χ2n) is 2.72. The van der Waals surface area contributed by atoms with E-state index < -0.39 is 0 Å². The van der Waals surface area contributed by atoms with Crippen LogP contribution in [0.2, 0.25) is 0 Å². The molecule has 0 aromatic rings. The fourth-order valence-corrected chi connectivity index (χ4v) is 0.787. The minimum atomic E-state index is -0.206. The van der Waals surface area contributed by atoms with Crippen molar-refractivity contribution < 1.29 is 14.2 Å². The van der Waals surface area contributed by atoms with Gasteiger partial charge in [-0.15, -0.1) is 0 Å². The van der Waals surface area contributed by atoms with Crippen LogP contribution >= 0.6 is 0 Å². The molecular formula is C9H20O3. The van der Waals surface area contributed by atoms with E-state index in [4.69, 9.17) is 14.2 Å².